The molecule has 6 nitrogen and oxygen atoms in total. The van der Waals surface area contributed by atoms with E-state index in [9.17, 15) is 4.79 Å². The molecule has 1 N–H and O–H groups in total. The molecule has 0 spiro atoms. The van der Waals surface area contributed by atoms with Gasteiger partial charge in [0.2, 0.25) is 0 Å². The number of likely N-dealkylation sites (tertiary alicyclic amines) is 1. The fourth-order valence-electron chi connectivity index (χ4n) is 3.70. The number of fused-ring (bicyclic) bond motifs is 1. The van der Waals surface area contributed by atoms with Crippen LogP contribution < -0.4 is 10.1 Å². The highest BCUT2D eigenvalue weighted by molar-refractivity contribution is 5.94. The van der Waals surface area contributed by atoms with Crippen LogP contribution in [0.4, 0.5) is 0 Å². The zero-order chi connectivity index (χ0) is 17.2. The predicted octanol–water partition coefficient (Wildman–Crippen LogP) is 1.61. The third kappa shape index (κ3) is 3.69. The lowest BCUT2D eigenvalue weighted by Crippen LogP contribution is -2.31. The van der Waals surface area contributed by atoms with Crippen LogP contribution in [0.25, 0.3) is 0 Å². The first-order chi connectivity index (χ1) is 12.2. The molecule has 25 heavy (non-hydrogen) atoms. The van der Waals surface area contributed by atoms with E-state index >= 15 is 0 Å². The van der Waals surface area contributed by atoms with Crippen LogP contribution in [-0.2, 0) is 20.0 Å². The lowest BCUT2D eigenvalue weighted by Gasteiger charge is -2.15. The maximum atomic E-state index is 12.4. The number of carbonyl (C=O) groups is 1. The molecule has 2 aromatic rings. The van der Waals surface area contributed by atoms with Gasteiger partial charge in [0.05, 0.1) is 12.8 Å². The number of benzene rings is 1. The van der Waals surface area contributed by atoms with Gasteiger partial charge in [-0.2, -0.15) is 5.10 Å². The van der Waals surface area contributed by atoms with Gasteiger partial charge in [0.1, 0.15) is 5.75 Å². The summed E-state index contributed by atoms with van der Waals surface area (Å²) in [5, 5.41) is 7.32. The summed E-state index contributed by atoms with van der Waals surface area (Å²) in [4.78, 5) is 14.8. The fraction of sp³-hybridized carbons (Fsp3) is 0.474. The molecule has 0 aliphatic carbocycles. The Morgan fingerprint density at radius 1 is 1.44 bits per heavy atom. The molecule has 4 rings (SSSR count). The van der Waals surface area contributed by atoms with Gasteiger partial charge < -0.3 is 10.1 Å². The third-order valence-corrected chi connectivity index (χ3v) is 5.04. The van der Waals surface area contributed by atoms with Crippen LogP contribution in [0, 0.1) is 5.92 Å². The van der Waals surface area contributed by atoms with E-state index < -0.39 is 0 Å². The van der Waals surface area contributed by atoms with Crippen LogP contribution in [0.5, 0.6) is 5.75 Å². The topological polar surface area (TPSA) is 59.4 Å². The van der Waals surface area contributed by atoms with E-state index in [0.717, 1.165) is 62.5 Å². The van der Waals surface area contributed by atoms with Crippen LogP contribution >= 0.6 is 0 Å². The van der Waals surface area contributed by atoms with Crippen LogP contribution in [-0.4, -0.2) is 46.8 Å². The zero-order valence-corrected chi connectivity index (χ0v) is 14.6. The number of hydrogen-bond donors (Lipinski definition) is 1. The van der Waals surface area contributed by atoms with Gasteiger partial charge in [-0.15, -0.1) is 0 Å². The van der Waals surface area contributed by atoms with E-state index in [0.29, 0.717) is 5.92 Å². The summed E-state index contributed by atoms with van der Waals surface area (Å²) >= 11 is 0. The summed E-state index contributed by atoms with van der Waals surface area (Å²) in [6, 6.07) is 5.71. The second-order valence-electron chi connectivity index (χ2n) is 7.04. The Morgan fingerprint density at radius 3 is 3.20 bits per heavy atom. The average Bonchev–Trinajstić information content (AvgIpc) is 3.33. The Bertz CT molecular complexity index is 771. The van der Waals surface area contributed by atoms with Gasteiger partial charge in [-0.05, 0) is 42.6 Å². The Hall–Kier alpha value is -2.34. The number of nitrogens with zero attached hydrogens (tertiary/aromatic N) is 3. The zero-order valence-electron chi connectivity index (χ0n) is 14.6. The van der Waals surface area contributed by atoms with Crippen molar-refractivity contribution >= 4 is 5.91 Å². The first-order valence-electron chi connectivity index (χ1n) is 8.91. The molecule has 1 aromatic heterocycles. The number of amides is 1. The Labute approximate surface area is 147 Å². The Balaban J connectivity index is 1.26. The number of hydrogen-bond acceptors (Lipinski definition) is 4. The summed E-state index contributed by atoms with van der Waals surface area (Å²) in [6.45, 7) is 4.48. The van der Waals surface area contributed by atoms with E-state index in [-0.39, 0.29) is 5.91 Å². The van der Waals surface area contributed by atoms with Crippen molar-refractivity contribution in [1.82, 2.24) is 20.0 Å². The number of aromatic nitrogens is 2. The van der Waals surface area contributed by atoms with Gasteiger partial charge in [-0.25, -0.2) is 0 Å². The first kappa shape index (κ1) is 16.1. The number of aryl methyl sites for hydroxylation is 1. The van der Waals surface area contributed by atoms with Crippen LogP contribution in [0.3, 0.4) is 0 Å². The molecule has 1 amide bonds. The normalized spacial score (nSPS) is 19.6. The lowest BCUT2D eigenvalue weighted by atomic mass is 10.1. The number of nitrogens with one attached hydrogen (secondary N) is 1. The maximum Gasteiger partial charge on any atom is 0.251 e. The molecule has 6 heteroatoms. The highest BCUT2D eigenvalue weighted by Crippen LogP contribution is 2.26. The van der Waals surface area contributed by atoms with E-state index in [1.807, 2.05) is 36.1 Å². The highest BCUT2D eigenvalue weighted by atomic mass is 16.5. The average molecular weight is 340 g/mol. The summed E-state index contributed by atoms with van der Waals surface area (Å²) < 4.78 is 7.33. The molecule has 0 bridgehead atoms. The van der Waals surface area contributed by atoms with Crippen molar-refractivity contribution in [3.8, 4) is 5.75 Å². The number of rotatable bonds is 5. The molecule has 1 saturated heterocycles. The monoisotopic (exact) mass is 340 g/mol. The smallest absolute Gasteiger partial charge is 0.251 e. The third-order valence-electron chi connectivity index (χ3n) is 5.04. The number of carbonyl (C=O) groups excluding carboxylic acids is 1. The van der Waals surface area contributed by atoms with Crippen LogP contribution in [0.2, 0.25) is 0 Å². The van der Waals surface area contributed by atoms with E-state index in [1.165, 1.54) is 5.56 Å². The highest BCUT2D eigenvalue weighted by Gasteiger charge is 2.23. The molecule has 1 fully saturated rings. The summed E-state index contributed by atoms with van der Waals surface area (Å²) in [6.07, 6.45) is 6.00. The summed E-state index contributed by atoms with van der Waals surface area (Å²) in [5.41, 5.74) is 3.11. The molecule has 1 atom stereocenters. The Morgan fingerprint density at radius 2 is 2.36 bits per heavy atom. The summed E-state index contributed by atoms with van der Waals surface area (Å²) in [7, 11) is 1.94. The van der Waals surface area contributed by atoms with Crippen molar-refractivity contribution in [3.63, 3.8) is 0 Å². The minimum Gasteiger partial charge on any atom is -0.493 e. The molecule has 0 unspecified atom stereocenters. The van der Waals surface area contributed by atoms with Gasteiger partial charge in [0, 0.05) is 50.4 Å². The van der Waals surface area contributed by atoms with Crippen LogP contribution in [0.15, 0.2) is 30.6 Å². The van der Waals surface area contributed by atoms with E-state index in [2.05, 4.69) is 21.5 Å². The molecule has 1 aromatic carbocycles. The Kier molecular flexibility index (Phi) is 4.44. The standard InChI is InChI=1S/C19H24N4O2/c1-22-11-15(10-21-22)13-23-6-4-14(12-23)9-20-19(24)17-2-3-18-16(8-17)5-7-25-18/h2-3,8,10-11,14H,4-7,9,12-13H2,1H3,(H,20,24)/t14-/m0/s1. The van der Waals surface area contributed by atoms with Crippen molar-refractivity contribution in [2.75, 3.05) is 26.2 Å². The second kappa shape index (κ2) is 6.88. The predicted molar refractivity (Wildman–Crippen MR) is 94.6 cm³/mol. The molecule has 0 saturated carbocycles. The summed E-state index contributed by atoms with van der Waals surface area (Å²) in [5.74, 6) is 1.44. The number of ether oxygens (including phenoxy) is 1. The molecule has 2 aliphatic heterocycles. The molecular weight excluding hydrogens is 316 g/mol. The van der Waals surface area contributed by atoms with Gasteiger partial charge in [0.25, 0.3) is 5.91 Å². The fourth-order valence-corrected chi connectivity index (χ4v) is 3.70. The second-order valence-corrected chi connectivity index (χ2v) is 7.04. The lowest BCUT2D eigenvalue weighted by molar-refractivity contribution is 0.0947. The minimum absolute atomic E-state index is 0.0143. The molecule has 2 aliphatic rings. The minimum atomic E-state index is 0.0143. The van der Waals surface area contributed by atoms with Crippen molar-refractivity contribution < 1.29 is 9.53 Å². The van der Waals surface area contributed by atoms with E-state index in [1.54, 1.807) is 0 Å². The molecule has 132 valence electrons. The van der Waals surface area contributed by atoms with Gasteiger partial charge >= 0.3 is 0 Å². The van der Waals surface area contributed by atoms with Crippen LogP contribution in [0.1, 0.15) is 27.9 Å². The largest absolute Gasteiger partial charge is 0.493 e. The SMILES string of the molecule is Cn1cc(CN2CC[C@@H](CNC(=O)c3ccc4c(c3)CCO4)C2)cn1. The first-order valence-corrected chi connectivity index (χ1v) is 8.91. The van der Waals surface area contributed by atoms with Crippen molar-refractivity contribution in [2.45, 2.75) is 19.4 Å². The van der Waals surface area contributed by atoms with Gasteiger partial charge in [0.15, 0.2) is 0 Å². The molecular formula is C19H24N4O2. The van der Waals surface area contributed by atoms with Crippen molar-refractivity contribution in [1.29, 1.82) is 0 Å². The van der Waals surface area contributed by atoms with E-state index in [4.69, 9.17) is 4.74 Å². The molecule has 0 radical (unpaired) electrons. The van der Waals surface area contributed by atoms with Crippen molar-refractivity contribution in [2.24, 2.45) is 13.0 Å². The molecule has 3 heterocycles. The maximum absolute atomic E-state index is 12.4. The van der Waals surface area contributed by atoms with Gasteiger partial charge in [-0.3, -0.25) is 14.4 Å². The quantitative estimate of drug-likeness (QED) is 0.898. The van der Waals surface area contributed by atoms with Crippen molar-refractivity contribution in [3.05, 3.63) is 47.3 Å². The van der Waals surface area contributed by atoms with Gasteiger partial charge in [-0.1, -0.05) is 0 Å².